The number of aryl methyl sites for hydroxylation is 1. The van der Waals surface area contributed by atoms with Gasteiger partial charge in [-0.05, 0) is 44.9 Å². The summed E-state index contributed by atoms with van der Waals surface area (Å²) in [5.74, 6) is -1.15. The minimum Gasteiger partial charge on any atom is -0.465 e. The van der Waals surface area contributed by atoms with Crippen molar-refractivity contribution < 1.29 is 19.1 Å². The van der Waals surface area contributed by atoms with E-state index < -0.39 is 5.97 Å². The highest BCUT2D eigenvalue weighted by atomic mass is 32.1. The van der Waals surface area contributed by atoms with Crippen LogP contribution in [-0.2, 0) is 14.3 Å². The van der Waals surface area contributed by atoms with E-state index in [2.05, 4.69) is 10.4 Å². The lowest BCUT2D eigenvalue weighted by molar-refractivity contribution is -0.144. The molecule has 0 spiro atoms. The fraction of sp³-hybridized carbons (Fsp3) is 0.440. The molecule has 1 aromatic carbocycles. The number of esters is 1. The van der Waals surface area contributed by atoms with Gasteiger partial charge in [-0.2, -0.15) is 5.10 Å². The first-order valence-corrected chi connectivity index (χ1v) is 12.6. The molecule has 2 heterocycles. The first-order chi connectivity index (χ1) is 16.5. The zero-order valence-electron chi connectivity index (χ0n) is 19.6. The molecule has 2 amide bonds. The third kappa shape index (κ3) is 5.47. The lowest BCUT2D eigenvalue weighted by Crippen LogP contribution is -2.46. The van der Waals surface area contributed by atoms with Crippen LogP contribution in [0.1, 0.15) is 54.4 Å². The summed E-state index contributed by atoms with van der Waals surface area (Å²) >= 11 is 1.30. The minimum absolute atomic E-state index is 0.129. The van der Waals surface area contributed by atoms with E-state index in [0.29, 0.717) is 4.88 Å². The zero-order valence-corrected chi connectivity index (χ0v) is 20.4. The number of ether oxygens (including phenoxy) is 1. The normalized spacial score (nSPS) is 14.2. The number of para-hydroxylation sites is 1. The van der Waals surface area contributed by atoms with Crippen molar-refractivity contribution in [3.05, 3.63) is 47.0 Å². The highest BCUT2D eigenvalue weighted by Gasteiger charge is 2.26. The Morgan fingerprint density at radius 1 is 1.15 bits per heavy atom. The third-order valence-electron chi connectivity index (χ3n) is 5.97. The Balaban J connectivity index is 1.57. The number of benzene rings is 1. The number of thiophene rings is 1. The first-order valence-electron chi connectivity index (χ1n) is 11.7. The van der Waals surface area contributed by atoms with Crippen LogP contribution < -0.4 is 5.32 Å². The molecule has 180 valence electrons. The van der Waals surface area contributed by atoms with Crippen LogP contribution in [0.4, 0.5) is 0 Å². The summed E-state index contributed by atoms with van der Waals surface area (Å²) in [6, 6.07) is 11.6. The highest BCUT2D eigenvalue weighted by molar-refractivity contribution is 7.20. The average molecular weight is 483 g/mol. The number of amides is 2. The van der Waals surface area contributed by atoms with E-state index in [1.807, 2.05) is 41.9 Å². The number of hydrogen-bond donors (Lipinski definition) is 1. The third-order valence-corrected chi connectivity index (χ3v) is 7.07. The molecule has 0 bridgehead atoms. The summed E-state index contributed by atoms with van der Waals surface area (Å²) in [7, 11) is 0. The van der Waals surface area contributed by atoms with Crippen molar-refractivity contribution >= 4 is 39.3 Å². The van der Waals surface area contributed by atoms with Crippen molar-refractivity contribution in [3.8, 4) is 5.69 Å². The summed E-state index contributed by atoms with van der Waals surface area (Å²) in [4.78, 5) is 41.0. The Bertz CT molecular complexity index is 1160. The van der Waals surface area contributed by atoms with Gasteiger partial charge in [0.15, 0.2) is 0 Å². The van der Waals surface area contributed by atoms with Crippen molar-refractivity contribution in [2.75, 3.05) is 19.7 Å². The van der Waals surface area contributed by atoms with E-state index in [4.69, 9.17) is 4.74 Å². The molecule has 0 atom stereocenters. The van der Waals surface area contributed by atoms with Gasteiger partial charge in [0.2, 0.25) is 5.91 Å². The van der Waals surface area contributed by atoms with Gasteiger partial charge < -0.3 is 15.0 Å². The molecule has 4 rings (SSSR count). The predicted molar refractivity (Wildman–Crippen MR) is 131 cm³/mol. The number of rotatable bonds is 8. The second-order valence-corrected chi connectivity index (χ2v) is 9.56. The predicted octanol–water partition coefficient (Wildman–Crippen LogP) is 3.85. The Kier molecular flexibility index (Phi) is 7.62. The average Bonchev–Trinajstić information content (AvgIpc) is 3.40. The first kappa shape index (κ1) is 23.9. The van der Waals surface area contributed by atoms with Crippen LogP contribution in [0.2, 0.25) is 0 Å². The number of fused-ring (bicyclic) bond motifs is 1. The summed E-state index contributed by atoms with van der Waals surface area (Å²) in [5.41, 5.74) is 1.71. The fourth-order valence-electron chi connectivity index (χ4n) is 4.31. The Morgan fingerprint density at radius 3 is 2.59 bits per heavy atom. The van der Waals surface area contributed by atoms with Crippen LogP contribution in [0.5, 0.6) is 0 Å². The molecule has 0 saturated heterocycles. The zero-order chi connectivity index (χ0) is 24.1. The van der Waals surface area contributed by atoms with Crippen molar-refractivity contribution in [3.63, 3.8) is 0 Å². The van der Waals surface area contributed by atoms with E-state index >= 15 is 0 Å². The van der Waals surface area contributed by atoms with Crippen LogP contribution in [0.15, 0.2) is 36.4 Å². The van der Waals surface area contributed by atoms with Gasteiger partial charge in [-0.1, -0.05) is 37.5 Å². The molecule has 34 heavy (non-hydrogen) atoms. The summed E-state index contributed by atoms with van der Waals surface area (Å²) in [5, 5.41) is 8.52. The van der Waals surface area contributed by atoms with Crippen molar-refractivity contribution in [2.45, 2.75) is 52.0 Å². The van der Waals surface area contributed by atoms with Crippen LogP contribution >= 0.6 is 11.3 Å². The molecular formula is C25H30N4O4S. The largest absolute Gasteiger partial charge is 0.465 e. The standard InChI is InChI=1S/C25H30N4O4S/c1-3-33-23(31)16-28(15-22(30)26-18-10-6-4-7-11-18)24(32)21-14-20-17(2)27-29(25(20)34-21)19-12-8-5-9-13-19/h5,8-9,12-14,18H,3-4,6-7,10-11,15-16H2,1-2H3,(H,26,30). The monoisotopic (exact) mass is 482 g/mol. The fourth-order valence-corrected chi connectivity index (χ4v) is 5.46. The Morgan fingerprint density at radius 2 is 1.88 bits per heavy atom. The SMILES string of the molecule is CCOC(=O)CN(CC(=O)NC1CCCCC1)C(=O)c1cc2c(C)nn(-c3ccccc3)c2s1. The Labute approximate surface area is 202 Å². The summed E-state index contributed by atoms with van der Waals surface area (Å²) in [6.07, 6.45) is 5.27. The van der Waals surface area contributed by atoms with Gasteiger partial charge in [-0.15, -0.1) is 11.3 Å². The van der Waals surface area contributed by atoms with Gasteiger partial charge in [0, 0.05) is 11.4 Å². The van der Waals surface area contributed by atoms with Gasteiger partial charge in [0.25, 0.3) is 5.91 Å². The van der Waals surface area contributed by atoms with Crippen LogP contribution in [0, 0.1) is 6.92 Å². The van der Waals surface area contributed by atoms with Gasteiger partial charge in [-0.25, -0.2) is 4.68 Å². The second-order valence-electron chi connectivity index (χ2n) is 8.53. The molecule has 3 aromatic rings. The van der Waals surface area contributed by atoms with Crippen LogP contribution in [-0.4, -0.2) is 58.2 Å². The molecule has 1 saturated carbocycles. The molecule has 9 heteroatoms. The van der Waals surface area contributed by atoms with Crippen molar-refractivity contribution in [1.82, 2.24) is 20.0 Å². The Hall–Kier alpha value is -3.20. The molecule has 1 fully saturated rings. The maximum Gasteiger partial charge on any atom is 0.325 e. The molecule has 2 aromatic heterocycles. The van der Waals surface area contributed by atoms with Gasteiger partial charge in [0.05, 0.1) is 22.9 Å². The molecule has 0 radical (unpaired) electrons. The second kappa shape index (κ2) is 10.8. The lowest BCUT2D eigenvalue weighted by Gasteiger charge is -2.25. The molecule has 1 aliphatic carbocycles. The molecule has 0 unspecified atom stereocenters. The molecule has 0 aliphatic heterocycles. The highest BCUT2D eigenvalue weighted by Crippen LogP contribution is 2.31. The van der Waals surface area contributed by atoms with Gasteiger partial charge in [0.1, 0.15) is 17.9 Å². The smallest absolute Gasteiger partial charge is 0.325 e. The minimum atomic E-state index is -0.533. The lowest BCUT2D eigenvalue weighted by atomic mass is 9.95. The topological polar surface area (TPSA) is 93.5 Å². The summed E-state index contributed by atoms with van der Waals surface area (Å²) in [6.45, 7) is 3.36. The maximum absolute atomic E-state index is 13.5. The van der Waals surface area contributed by atoms with Gasteiger partial charge in [-0.3, -0.25) is 14.4 Å². The van der Waals surface area contributed by atoms with Crippen molar-refractivity contribution in [1.29, 1.82) is 0 Å². The number of carbonyl (C=O) groups is 3. The number of nitrogens with one attached hydrogen (secondary N) is 1. The van der Waals surface area contributed by atoms with Crippen LogP contribution in [0.25, 0.3) is 15.9 Å². The van der Waals surface area contributed by atoms with E-state index in [1.54, 1.807) is 13.0 Å². The van der Waals surface area contributed by atoms with E-state index in [-0.39, 0.29) is 37.6 Å². The van der Waals surface area contributed by atoms with Gasteiger partial charge >= 0.3 is 5.97 Å². The van der Waals surface area contributed by atoms with E-state index in [1.165, 1.54) is 22.7 Å². The molecule has 1 N–H and O–H groups in total. The molecule has 1 aliphatic rings. The maximum atomic E-state index is 13.5. The molecule has 8 nitrogen and oxygen atoms in total. The van der Waals surface area contributed by atoms with Crippen LogP contribution in [0.3, 0.4) is 0 Å². The number of aromatic nitrogens is 2. The number of hydrogen-bond acceptors (Lipinski definition) is 6. The number of nitrogens with zero attached hydrogens (tertiary/aromatic N) is 3. The quantitative estimate of drug-likeness (QED) is 0.492. The van der Waals surface area contributed by atoms with E-state index in [9.17, 15) is 14.4 Å². The molecular weight excluding hydrogens is 452 g/mol. The number of carbonyl (C=O) groups excluding carboxylic acids is 3. The van der Waals surface area contributed by atoms with Crippen molar-refractivity contribution in [2.24, 2.45) is 0 Å². The van der Waals surface area contributed by atoms with E-state index in [0.717, 1.165) is 47.3 Å². The summed E-state index contributed by atoms with van der Waals surface area (Å²) < 4.78 is 6.87.